The first-order chi connectivity index (χ1) is 61.2. The molecule has 18 heteroatoms. The van der Waals surface area contributed by atoms with Crippen LogP contribution in [0.1, 0.15) is 419 Å². The molecule has 125 heavy (non-hydrogen) atoms. The van der Waals surface area contributed by atoms with Crippen molar-refractivity contribution in [2.24, 2.45) is 0 Å². The number of carbonyl (C=O) groups is 3. The molecule has 0 bridgehead atoms. The molecule has 0 saturated carbocycles. The summed E-state index contributed by atoms with van der Waals surface area (Å²) in [5, 5.41) is 20.8. The molecule has 0 heterocycles. The number of aliphatic hydroxyl groups excluding tert-OH is 2. The maximum absolute atomic E-state index is 13.1. The Bertz CT molecular complexity index is 3000. The number of aliphatic hydroxyl groups is 2. The molecule has 16 nitrogen and oxygen atoms in total. The Morgan fingerprint density at radius 3 is 0.672 bits per heavy atom. The van der Waals surface area contributed by atoms with Crippen molar-refractivity contribution in [1.29, 1.82) is 0 Å². The average Bonchev–Trinajstić information content (AvgIpc) is 0.902. The fourth-order valence-electron chi connectivity index (χ4n) is 13.6. The largest absolute Gasteiger partial charge is 0.472 e. The van der Waals surface area contributed by atoms with Crippen LogP contribution in [0, 0.1) is 0 Å². The first-order valence-electron chi connectivity index (χ1n) is 50.1. The van der Waals surface area contributed by atoms with Crippen LogP contribution in [0.3, 0.4) is 0 Å². The normalized spacial score (nSPS) is 14.5. The van der Waals surface area contributed by atoms with E-state index in [4.69, 9.17) is 32.3 Å². The zero-order valence-electron chi connectivity index (χ0n) is 79.2. The molecule has 0 aromatic heterocycles. The molecule has 0 amide bonds. The number of phosphoric ester groups is 2. The number of unbranched alkanes of at least 4 members (excludes halogenated alkanes) is 41. The third-order valence-corrected chi connectivity index (χ3v) is 23.0. The molecule has 0 aliphatic heterocycles. The standard InChI is InChI=1S/C107H182O16P2/c1-4-7-10-13-16-19-22-25-28-31-34-37-40-42-44-46-48-49-50-51-53-55-56-58-61-63-66-69-72-75-78-81-84-87-90-93-105(110)117-96-102(108)97-119-124(113,114)120-98-103(109)99-121-125(115,116)122-101-104(123-107(112)95-92-89-86-83-80-77-74-71-68-65-60-39-36-33-30-27-24-21-18-15-12-9-6-3)100-118-106(111)94-91-88-85-82-79-76-73-70-67-64-62-59-57-54-52-47-45-43-41-38-35-32-29-26-23-20-17-14-11-8-5-2/h7-8,10-11,16-21,25-30,34-39,42-45,48-49,65,68,102-104,108-109H,4-6,9,12-15,22-24,31-33,40-41,46-47,50-64,66-67,69-101H2,1-3H3,(H,113,114)(H,115,116)/b10-7-,11-8-,19-16-,20-17-,21-18-,28-25-,29-26-,30-27-,37-34-,38-35-,39-36-,44-42-,45-43-,49-48-,68-65-. The third kappa shape index (κ3) is 99.1. The van der Waals surface area contributed by atoms with Crippen molar-refractivity contribution >= 4 is 33.6 Å². The maximum Gasteiger partial charge on any atom is 0.472 e. The van der Waals surface area contributed by atoms with Gasteiger partial charge in [0.05, 0.1) is 26.4 Å². The van der Waals surface area contributed by atoms with Gasteiger partial charge < -0.3 is 34.2 Å². The van der Waals surface area contributed by atoms with Crippen LogP contribution in [0.25, 0.3) is 0 Å². The quantitative estimate of drug-likeness (QED) is 0.0146. The Morgan fingerprint density at radius 1 is 0.232 bits per heavy atom. The van der Waals surface area contributed by atoms with Gasteiger partial charge in [0.15, 0.2) is 6.10 Å². The molecule has 0 aromatic rings. The van der Waals surface area contributed by atoms with Crippen LogP contribution < -0.4 is 0 Å². The Balaban J connectivity index is 4.56. The Hall–Kier alpha value is -5.35. The van der Waals surface area contributed by atoms with Crippen LogP contribution in [0.2, 0.25) is 0 Å². The van der Waals surface area contributed by atoms with Crippen LogP contribution in [0.5, 0.6) is 0 Å². The van der Waals surface area contributed by atoms with Gasteiger partial charge in [-0.2, -0.15) is 0 Å². The highest BCUT2D eigenvalue weighted by Gasteiger charge is 2.30. The fraction of sp³-hybridized carbons (Fsp3) is 0.692. The smallest absolute Gasteiger partial charge is 0.463 e. The van der Waals surface area contributed by atoms with E-state index < -0.39 is 91.5 Å². The van der Waals surface area contributed by atoms with Crippen LogP contribution >= 0.6 is 15.6 Å². The molecule has 0 aromatic carbocycles. The SMILES string of the molecule is CC/C=C\C/C=C\C/C=C\C/C=C\C/C=C\C/C=C\CCCCCCCCCCCCCCCCCCC(=O)OCC(O)COP(=O)(O)OCC(O)COP(=O)(O)OCC(COC(=O)CCCCCCCCCCCCCCCCC/C=C\C/C=C\C/C=C\C/C=C\C/C=C\CC)OC(=O)CCCCCCCCC/C=C\C/C=C\C/C=C\C/C=C\CCCCC. The van der Waals surface area contributed by atoms with Gasteiger partial charge in [-0.25, -0.2) is 9.13 Å². The molecule has 5 unspecified atom stereocenters. The van der Waals surface area contributed by atoms with Crippen LogP contribution in [0.4, 0.5) is 0 Å². The van der Waals surface area contributed by atoms with Crippen molar-refractivity contribution in [3.63, 3.8) is 0 Å². The molecule has 0 aliphatic rings. The number of phosphoric acid groups is 2. The minimum absolute atomic E-state index is 0.0893. The molecular weight excluding hydrogens is 1600 g/mol. The molecule has 0 aliphatic carbocycles. The lowest BCUT2D eigenvalue weighted by Gasteiger charge is -2.21. The molecule has 5 atom stereocenters. The highest BCUT2D eigenvalue weighted by molar-refractivity contribution is 7.47. The van der Waals surface area contributed by atoms with E-state index in [1.807, 2.05) is 0 Å². The van der Waals surface area contributed by atoms with E-state index in [1.54, 1.807) is 0 Å². The Labute approximate surface area is 764 Å². The molecule has 0 spiro atoms. The summed E-state index contributed by atoms with van der Waals surface area (Å²) in [6.45, 7) is 2.47. The average molecular weight is 1790 g/mol. The second kappa shape index (κ2) is 97.7. The summed E-state index contributed by atoms with van der Waals surface area (Å²) in [6, 6.07) is 0. The number of ether oxygens (including phenoxy) is 3. The van der Waals surface area contributed by atoms with Crippen molar-refractivity contribution in [3.8, 4) is 0 Å². The predicted octanol–water partition coefficient (Wildman–Crippen LogP) is 31.6. The highest BCUT2D eigenvalue weighted by Crippen LogP contribution is 2.45. The van der Waals surface area contributed by atoms with Crippen LogP contribution in [-0.4, -0.2) is 95.9 Å². The summed E-state index contributed by atoms with van der Waals surface area (Å²) >= 11 is 0. The number of hydrogen-bond acceptors (Lipinski definition) is 14. The lowest BCUT2D eigenvalue weighted by molar-refractivity contribution is -0.161. The summed E-state index contributed by atoms with van der Waals surface area (Å²) in [5.41, 5.74) is 0. The summed E-state index contributed by atoms with van der Waals surface area (Å²) < 4.78 is 61.6. The first-order valence-corrected chi connectivity index (χ1v) is 53.1. The number of hydrogen-bond donors (Lipinski definition) is 4. The summed E-state index contributed by atoms with van der Waals surface area (Å²) in [6.07, 6.45) is 129. The monoisotopic (exact) mass is 1790 g/mol. The molecular formula is C107H182O16P2. The fourth-order valence-corrected chi connectivity index (χ4v) is 15.2. The van der Waals surface area contributed by atoms with E-state index in [2.05, 4.69) is 203 Å². The molecule has 0 rings (SSSR count). The molecule has 4 N–H and O–H groups in total. The predicted molar refractivity (Wildman–Crippen MR) is 528 cm³/mol. The van der Waals surface area contributed by atoms with E-state index in [0.717, 1.165) is 173 Å². The number of carbonyl (C=O) groups excluding carboxylic acids is 3. The van der Waals surface area contributed by atoms with Crippen molar-refractivity contribution < 1.29 is 75.8 Å². The lowest BCUT2D eigenvalue weighted by atomic mass is 10.0. The zero-order chi connectivity index (χ0) is 90.7. The van der Waals surface area contributed by atoms with Gasteiger partial charge in [0.2, 0.25) is 0 Å². The summed E-state index contributed by atoms with van der Waals surface area (Å²) in [5.74, 6) is -1.58. The number of allylic oxidation sites excluding steroid dienone is 30. The van der Waals surface area contributed by atoms with Gasteiger partial charge in [0.1, 0.15) is 25.4 Å². The molecule has 0 radical (unpaired) electrons. The van der Waals surface area contributed by atoms with Gasteiger partial charge in [-0.3, -0.25) is 32.5 Å². The third-order valence-electron chi connectivity index (χ3n) is 21.1. The number of rotatable bonds is 94. The van der Waals surface area contributed by atoms with Gasteiger partial charge in [-0.1, -0.05) is 421 Å². The van der Waals surface area contributed by atoms with Crippen molar-refractivity contribution in [1.82, 2.24) is 0 Å². The zero-order valence-corrected chi connectivity index (χ0v) is 81.0. The second-order valence-corrected chi connectivity index (χ2v) is 36.1. The summed E-state index contributed by atoms with van der Waals surface area (Å²) in [7, 11) is -9.82. The highest BCUT2D eigenvalue weighted by atomic mass is 31.2. The molecule has 0 fully saturated rings. The maximum atomic E-state index is 13.1. The van der Waals surface area contributed by atoms with Gasteiger partial charge in [-0.15, -0.1) is 0 Å². The van der Waals surface area contributed by atoms with Crippen molar-refractivity contribution in [2.75, 3.05) is 39.6 Å². The van der Waals surface area contributed by atoms with Gasteiger partial charge in [-0.05, 0) is 161 Å². The minimum Gasteiger partial charge on any atom is -0.463 e. The topological polar surface area (TPSA) is 231 Å². The van der Waals surface area contributed by atoms with Gasteiger partial charge >= 0.3 is 33.6 Å². The number of esters is 3. The van der Waals surface area contributed by atoms with E-state index in [0.29, 0.717) is 19.3 Å². The molecule has 0 saturated heterocycles. The van der Waals surface area contributed by atoms with Crippen molar-refractivity contribution in [2.45, 2.75) is 437 Å². The lowest BCUT2D eigenvalue weighted by Crippen LogP contribution is -2.30. The van der Waals surface area contributed by atoms with E-state index >= 15 is 0 Å². The van der Waals surface area contributed by atoms with Gasteiger partial charge in [0.25, 0.3) is 0 Å². The van der Waals surface area contributed by atoms with E-state index in [9.17, 15) is 43.5 Å². The first kappa shape index (κ1) is 120. The van der Waals surface area contributed by atoms with E-state index in [-0.39, 0.29) is 19.3 Å². The second-order valence-electron chi connectivity index (χ2n) is 33.2. The van der Waals surface area contributed by atoms with Crippen LogP contribution in [0.15, 0.2) is 182 Å². The van der Waals surface area contributed by atoms with Crippen molar-refractivity contribution in [3.05, 3.63) is 182 Å². The molecule has 716 valence electrons. The van der Waals surface area contributed by atoms with Crippen LogP contribution in [-0.2, 0) is 55.8 Å². The Morgan fingerprint density at radius 2 is 0.424 bits per heavy atom. The van der Waals surface area contributed by atoms with E-state index in [1.165, 1.54) is 186 Å². The Kier molecular flexibility index (Phi) is 93.5. The minimum atomic E-state index is -4.95. The summed E-state index contributed by atoms with van der Waals surface area (Å²) in [4.78, 5) is 59.2. The van der Waals surface area contributed by atoms with Gasteiger partial charge in [0, 0.05) is 19.3 Å².